The molecule has 3 rings (SSSR count). The van der Waals surface area contributed by atoms with Crippen LogP contribution in [0.2, 0.25) is 0 Å². The van der Waals surface area contributed by atoms with Crippen LogP contribution in [0.15, 0.2) is 54.7 Å². The first-order chi connectivity index (χ1) is 10.1. The van der Waals surface area contributed by atoms with Crippen molar-refractivity contribution in [2.45, 2.75) is 13.0 Å². The lowest BCUT2D eigenvalue weighted by molar-refractivity contribution is 0.476. The Labute approximate surface area is 123 Å². The monoisotopic (exact) mass is 279 g/mol. The summed E-state index contributed by atoms with van der Waals surface area (Å²) >= 11 is 0. The normalized spacial score (nSPS) is 12.3. The maximum Gasteiger partial charge on any atom is 0.138 e. The van der Waals surface area contributed by atoms with Crippen LogP contribution >= 0.6 is 0 Å². The molecule has 0 aliphatic carbocycles. The zero-order valence-corrected chi connectivity index (χ0v) is 11.7. The second-order valence-corrected chi connectivity index (χ2v) is 5.07. The van der Waals surface area contributed by atoms with Crippen LogP contribution in [-0.4, -0.2) is 10.1 Å². The summed E-state index contributed by atoms with van der Waals surface area (Å²) in [5.41, 5.74) is 7.96. The predicted octanol–water partition coefficient (Wildman–Crippen LogP) is 3.70. The Morgan fingerprint density at radius 2 is 1.95 bits per heavy atom. The minimum absolute atomic E-state index is 0.0721. The average Bonchev–Trinajstić information content (AvgIpc) is 2.48. The van der Waals surface area contributed by atoms with Crippen LogP contribution in [0.5, 0.6) is 5.75 Å². The van der Waals surface area contributed by atoms with Gasteiger partial charge >= 0.3 is 0 Å². The van der Waals surface area contributed by atoms with Crippen LogP contribution in [0.3, 0.4) is 0 Å². The van der Waals surface area contributed by atoms with Crippen molar-refractivity contribution < 1.29 is 5.11 Å². The SMILES string of the molecule is CC(N)c1ccccc1Nc1nccc2ccc(O)cc12. The minimum Gasteiger partial charge on any atom is -0.508 e. The summed E-state index contributed by atoms with van der Waals surface area (Å²) in [7, 11) is 0. The number of hydrogen-bond acceptors (Lipinski definition) is 4. The van der Waals surface area contributed by atoms with E-state index in [4.69, 9.17) is 5.73 Å². The number of nitrogens with zero attached hydrogens (tertiary/aromatic N) is 1. The highest BCUT2D eigenvalue weighted by Crippen LogP contribution is 2.29. The van der Waals surface area contributed by atoms with E-state index in [0.29, 0.717) is 5.82 Å². The predicted molar refractivity (Wildman–Crippen MR) is 85.7 cm³/mol. The molecule has 4 N–H and O–H groups in total. The fourth-order valence-electron chi connectivity index (χ4n) is 2.39. The molecule has 1 aromatic heterocycles. The van der Waals surface area contributed by atoms with Gasteiger partial charge in [0.15, 0.2) is 0 Å². The number of nitrogens with one attached hydrogen (secondary N) is 1. The van der Waals surface area contributed by atoms with Crippen molar-refractivity contribution in [1.82, 2.24) is 4.98 Å². The Morgan fingerprint density at radius 3 is 2.76 bits per heavy atom. The van der Waals surface area contributed by atoms with Crippen molar-refractivity contribution in [3.8, 4) is 5.75 Å². The molecular formula is C17H17N3O. The van der Waals surface area contributed by atoms with E-state index in [9.17, 15) is 5.11 Å². The second-order valence-electron chi connectivity index (χ2n) is 5.07. The molecule has 0 aliphatic heterocycles. The van der Waals surface area contributed by atoms with Crippen molar-refractivity contribution in [2.75, 3.05) is 5.32 Å². The highest BCUT2D eigenvalue weighted by atomic mass is 16.3. The van der Waals surface area contributed by atoms with E-state index < -0.39 is 0 Å². The van der Waals surface area contributed by atoms with Gasteiger partial charge < -0.3 is 16.2 Å². The molecule has 4 nitrogen and oxygen atoms in total. The number of benzene rings is 2. The number of rotatable bonds is 3. The summed E-state index contributed by atoms with van der Waals surface area (Å²) in [5, 5.41) is 14.9. The van der Waals surface area contributed by atoms with Crippen LogP contribution < -0.4 is 11.1 Å². The third kappa shape index (κ3) is 2.66. The molecule has 0 spiro atoms. The highest BCUT2D eigenvalue weighted by molar-refractivity contribution is 5.94. The summed E-state index contributed by atoms with van der Waals surface area (Å²) in [6.45, 7) is 1.95. The van der Waals surface area contributed by atoms with Crippen molar-refractivity contribution in [3.05, 3.63) is 60.3 Å². The molecular weight excluding hydrogens is 262 g/mol. The number of para-hydroxylation sites is 1. The van der Waals surface area contributed by atoms with Gasteiger partial charge in [-0.2, -0.15) is 0 Å². The van der Waals surface area contributed by atoms with Gasteiger partial charge in [-0.1, -0.05) is 24.3 Å². The van der Waals surface area contributed by atoms with Gasteiger partial charge in [-0.25, -0.2) is 4.98 Å². The second kappa shape index (κ2) is 5.42. The van der Waals surface area contributed by atoms with Crippen molar-refractivity contribution in [2.24, 2.45) is 5.73 Å². The molecule has 1 unspecified atom stereocenters. The fraction of sp³-hybridized carbons (Fsp3) is 0.118. The molecule has 0 saturated carbocycles. The number of aromatic nitrogens is 1. The lowest BCUT2D eigenvalue weighted by Gasteiger charge is -2.15. The summed E-state index contributed by atoms with van der Waals surface area (Å²) in [6, 6.07) is 15.0. The summed E-state index contributed by atoms with van der Waals surface area (Å²) in [4.78, 5) is 4.38. The van der Waals surface area contributed by atoms with Gasteiger partial charge in [0, 0.05) is 23.3 Å². The third-order valence-electron chi connectivity index (χ3n) is 3.45. The van der Waals surface area contributed by atoms with Crippen LogP contribution in [0.1, 0.15) is 18.5 Å². The van der Waals surface area contributed by atoms with Gasteiger partial charge in [0.2, 0.25) is 0 Å². The molecule has 1 heterocycles. The number of nitrogens with two attached hydrogens (primary N) is 1. The Balaban J connectivity index is 2.08. The molecule has 2 aromatic carbocycles. The summed E-state index contributed by atoms with van der Waals surface area (Å²) < 4.78 is 0. The van der Waals surface area contributed by atoms with Crippen LogP contribution in [0.4, 0.5) is 11.5 Å². The lowest BCUT2D eigenvalue weighted by Crippen LogP contribution is -2.08. The quantitative estimate of drug-likeness (QED) is 0.683. The molecule has 0 aliphatic rings. The van der Waals surface area contributed by atoms with Crippen molar-refractivity contribution in [1.29, 1.82) is 0 Å². The third-order valence-corrected chi connectivity index (χ3v) is 3.45. The fourth-order valence-corrected chi connectivity index (χ4v) is 2.39. The van der Waals surface area contributed by atoms with Crippen LogP contribution in [0, 0.1) is 0 Å². The van der Waals surface area contributed by atoms with E-state index in [2.05, 4.69) is 10.3 Å². The van der Waals surface area contributed by atoms with Gasteiger partial charge in [-0.15, -0.1) is 0 Å². The topological polar surface area (TPSA) is 71.2 Å². The molecule has 106 valence electrons. The molecule has 3 aromatic rings. The Morgan fingerprint density at radius 1 is 1.14 bits per heavy atom. The van der Waals surface area contributed by atoms with Crippen molar-refractivity contribution >= 4 is 22.3 Å². The first-order valence-corrected chi connectivity index (χ1v) is 6.84. The van der Waals surface area contributed by atoms with Crippen LogP contribution in [0.25, 0.3) is 10.8 Å². The Kier molecular flexibility index (Phi) is 3.46. The number of fused-ring (bicyclic) bond motifs is 1. The van der Waals surface area contributed by atoms with E-state index in [1.54, 1.807) is 18.3 Å². The zero-order chi connectivity index (χ0) is 14.8. The highest BCUT2D eigenvalue weighted by Gasteiger charge is 2.09. The molecule has 4 heteroatoms. The number of phenols is 1. The maximum absolute atomic E-state index is 9.69. The van der Waals surface area contributed by atoms with E-state index in [-0.39, 0.29) is 11.8 Å². The molecule has 0 saturated heterocycles. The van der Waals surface area contributed by atoms with E-state index in [1.165, 1.54) is 0 Å². The number of hydrogen-bond donors (Lipinski definition) is 3. The number of anilines is 2. The average molecular weight is 279 g/mol. The van der Waals surface area contributed by atoms with Gasteiger partial charge in [0.25, 0.3) is 0 Å². The van der Waals surface area contributed by atoms with Gasteiger partial charge in [0.05, 0.1) is 0 Å². The minimum atomic E-state index is -0.0721. The van der Waals surface area contributed by atoms with E-state index in [1.807, 2.05) is 43.3 Å². The maximum atomic E-state index is 9.69. The Hall–Kier alpha value is -2.59. The Bertz CT molecular complexity index is 784. The molecule has 1 atom stereocenters. The first-order valence-electron chi connectivity index (χ1n) is 6.84. The first kappa shape index (κ1) is 13.4. The zero-order valence-electron chi connectivity index (χ0n) is 11.7. The molecule has 0 bridgehead atoms. The van der Waals surface area contributed by atoms with Gasteiger partial charge in [-0.3, -0.25) is 0 Å². The standard InChI is InChI=1S/C17H17N3O/c1-11(18)14-4-2-3-5-16(14)20-17-15-10-13(21)7-6-12(15)8-9-19-17/h2-11,21H,18H2,1H3,(H,19,20). The van der Waals surface area contributed by atoms with Gasteiger partial charge in [-0.05, 0) is 42.1 Å². The number of pyridine rings is 1. The number of aromatic hydroxyl groups is 1. The summed E-state index contributed by atoms with van der Waals surface area (Å²) in [5.74, 6) is 0.926. The summed E-state index contributed by atoms with van der Waals surface area (Å²) in [6.07, 6.45) is 1.75. The molecule has 0 fully saturated rings. The van der Waals surface area contributed by atoms with Crippen molar-refractivity contribution in [3.63, 3.8) is 0 Å². The smallest absolute Gasteiger partial charge is 0.138 e. The molecule has 0 amide bonds. The van der Waals surface area contributed by atoms with E-state index >= 15 is 0 Å². The van der Waals surface area contributed by atoms with E-state index in [0.717, 1.165) is 22.0 Å². The molecule has 21 heavy (non-hydrogen) atoms. The number of phenolic OH excluding ortho intramolecular Hbond substituents is 1. The molecule has 0 radical (unpaired) electrons. The van der Waals surface area contributed by atoms with Crippen LogP contribution in [-0.2, 0) is 0 Å². The van der Waals surface area contributed by atoms with Gasteiger partial charge in [0.1, 0.15) is 11.6 Å². The lowest BCUT2D eigenvalue weighted by atomic mass is 10.1. The largest absolute Gasteiger partial charge is 0.508 e.